The van der Waals surface area contributed by atoms with Gasteiger partial charge in [0, 0.05) is 5.69 Å². The zero-order valence-electron chi connectivity index (χ0n) is 15.0. The van der Waals surface area contributed by atoms with Crippen molar-refractivity contribution in [3.8, 4) is 0 Å². The molecule has 144 valence electrons. The summed E-state index contributed by atoms with van der Waals surface area (Å²) in [4.78, 5) is 0.952. The third-order valence-corrected chi connectivity index (χ3v) is 4.87. The molecular formula is C21H25Br2N3S. The highest BCUT2D eigenvalue weighted by Gasteiger charge is 2.03. The van der Waals surface area contributed by atoms with Gasteiger partial charge < -0.3 is 10.6 Å². The summed E-state index contributed by atoms with van der Waals surface area (Å²) in [7, 11) is 0. The van der Waals surface area contributed by atoms with Crippen molar-refractivity contribution in [2.75, 3.05) is 18.4 Å². The van der Waals surface area contributed by atoms with Gasteiger partial charge in [-0.2, -0.15) is 0 Å². The first kappa shape index (κ1) is 23.6. The molecule has 3 N–H and O–H groups in total. The van der Waals surface area contributed by atoms with E-state index in [2.05, 4.69) is 53.1 Å². The molecule has 0 saturated heterocycles. The molecule has 0 atom stereocenters. The van der Waals surface area contributed by atoms with E-state index in [1.54, 1.807) is 11.3 Å². The van der Waals surface area contributed by atoms with Crippen LogP contribution in [0.25, 0.3) is 0 Å². The summed E-state index contributed by atoms with van der Waals surface area (Å²) >= 11 is 1.57. The summed E-state index contributed by atoms with van der Waals surface area (Å²) in [6.07, 6.45) is 2.04. The molecule has 0 saturated carbocycles. The lowest BCUT2D eigenvalue weighted by atomic mass is 10.1. The predicted molar refractivity (Wildman–Crippen MR) is 129 cm³/mol. The molecular weight excluding hydrogens is 486 g/mol. The maximum Gasteiger partial charge on any atom is 0.140 e. The van der Waals surface area contributed by atoms with Gasteiger partial charge >= 0.3 is 0 Å². The molecule has 1 heterocycles. The minimum absolute atomic E-state index is 0. The second-order valence-electron chi connectivity index (χ2n) is 5.91. The van der Waals surface area contributed by atoms with E-state index in [9.17, 15) is 0 Å². The van der Waals surface area contributed by atoms with Gasteiger partial charge in [-0.3, -0.25) is 5.41 Å². The summed E-state index contributed by atoms with van der Waals surface area (Å²) in [6.45, 7) is 1.95. The van der Waals surface area contributed by atoms with Gasteiger partial charge in [-0.05, 0) is 60.6 Å². The molecule has 3 nitrogen and oxygen atoms in total. The lowest BCUT2D eigenvalue weighted by Gasteiger charge is -2.09. The van der Waals surface area contributed by atoms with Crippen molar-refractivity contribution >= 4 is 56.8 Å². The molecule has 0 aliphatic rings. The molecule has 0 radical (unpaired) electrons. The molecule has 0 aliphatic carbocycles. The van der Waals surface area contributed by atoms with Crippen LogP contribution in [0.15, 0.2) is 72.1 Å². The molecule has 0 amide bonds. The van der Waals surface area contributed by atoms with E-state index in [0.29, 0.717) is 5.84 Å². The Morgan fingerprint density at radius 2 is 1.52 bits per heavy atom. The Balaban J connectivity index is 0.00000182. The van der Waals surface area contributed by atoms with E-state index in [1.807, 2.05) is 29.6 Å². The molecule has 27 heavy (non-hydrogen) atoms. The smallest absolute Gasteiger partial charge is 0.140 e. The number of rotatable bonds is 8. The second-order valence-corrected chi connectivity index (χ2v) is 6.86. The summed E-state index contributed by atoms with van der Waals surface area (Å²) in [6, 6.07) is 22.8. The predicted octanol–water partition coefficient (Wildman–Crippen LogP) is 5.72. The van der Waals surface area contributed by atoms with Crippen LogP contribution >= 0.6 is 45.3 Å². The number of nitrogens with one attached hydrogen (secondary N) is 3. The number of anilines is 1. The Labute approximate surface area is 186 Å². The molecule has 2 aromatic carbocycles. The quantitative estimate of drug-likeness (QED) is 0.206. The molecule has 1 aromatic heterocycles. The summed E-state index contributed by atoms with van der Waals surface area (Å²) in [5.74, 6) is 0.452. The van der Waals surface area contributed by atoms with Gasteiger partial charge in [-0.15, -0.1) is 45.3 Å². The number of thiophene rings is 1. The van der Waals surface area contributed by atoms with Crippen LogP contribution in [-0.4, -0.2) is 18.9 Å². The molecule has 0 bridgehead atoms. The third-order valence-electron chi connectivity index (χ3n) is 3.99. The first-order valence-electron chi connectivity index (χ1n) is 8.54. The van der Waals surface area contributed by atoms with Gasteiger partial charge in [-0.1, -0.05) is 48.5 Å². The molecule has 0 unspecified atom stereocenters. The van der Waals surface area contributed by atoms with E-state index in [-0.39, 0.29) is 34.0 Å². The van der Waals surface area contributed by atoms with Crippen LogP contribution < -0.4 is 10.6 Å². The minimum Gasteiger partial charge on any atom is -0.340 e. The highest BCUT2D eigenvalue weighted by molar-refractivity contribution is 8.93. The monoisotopic (exact) mass is 509 g/mol. The van der Waals surface area contributed by atoms with Crippen molar-refractivity contribution in [2.45, 2.75) is 12.8 Å². The van der Waals surface area contributed by atoms with Crippen LogP contribution in [-0.2, 0) is 12.8 Å². The van der Waals surface area contributed by atoms with Gasteiger partial charge in [0.15, 0.2) is 0 Å². The van der Waals surface area contributed by atoms with Crippen LogP contribution in [0.1, 0.15) is 16.0 Å². The number of amidine groups is 1. The first-order valence-corrected chi connectivity index (χ1v) is 9.42. The summed E-state index contributed by atoms with van der Waals surface area (Å²) in [5.41, 5.74) is 3.62. The Morgan fingerprint density at radius 1 is 0.815 bits per heavy atom. The third kappa shape index (κ3) is 7.97. The Morgan fingerprint density at radius 3 is 2.22 bits per heavy atom. The molecule has 0 fully saturated rings. The average Bonchev–Trinajstić information content (AvgIpc) is 3.17. The van der Waals surface area contributed by atoms with E-state index in [4.69, 9.17) is 5.41 Å². The number of hydrogen-bond donors (Lipinski definition) is 3. The highest BCUT2D eigenvalue weighted by Crippen LogP contribution is 2.15. The van der Waals surface area contributed by atoms with Gasteiger partial charge in [-0.25, -0.2) is 0 Å². The van der Waals surface area contributed by atoms with Crippen molar-refractivity contribution in [3.63, 3.8) is 0 Å². The minimum atomic E-state index is 0. The number of benzene rings is 2. The Kier molecular flexibility index (Phi) is 11.2. The van der Waals surface area contributed by atoms with Gasteiger partial charge in [0.1, 0.15) is 5.84 Å². The van der Waals surface area contributed by atoms with Crippen molar-refractivity contribution in [3.05, 3.63) is 88.1 Å². The molecule has 6 heteroatoms. The maximum absolute atomic E-state index is 8.12. The van der Waals surface area contributed by atoms with Crippen molar-refractivity contribution < 1.29 is 0 Å². The van der Waals surface area contributed by atoms with Crippen molar-refractivity contribution in [1.29, 1.82) is 5.41 Å². The van der Waals surface area contributed by atoms with Crippen molar-refractivity contribution in [2.24, 2.45) is 0 Å². The fourth-order valence-electron chi connectivity index (χ4n) is 2.67. The second kappa shape index (κ2) is 12.8. The van der Waals surface area contributed by atoms with E-state index < -0.39 is 0 Å². The van der Waals surface area contributed by atoms with Crippen molar-refractivity contribution in [1.82, 2.24) is 5.32 Å². The fourth-order valence-corrected chi connectivity index (χ4v) is 3.30. The van der Waals surface area contributed by atoms with Gasteiger partial charge in [0.25, 0.3) is 0 Å². The summed E-state index contributed by atoms with van der Waals surface area (Å²) in [5, 5.41) is 16.8. The number of hydrogen-bond acceptors (Lipinski definition) is 3. The topological polar surface area (TPSA) is 47.9 Å². The highest BCUT2D eigenvalue weighted by atomic mass is 79.9. The number of halogens is 2. The SMILES string of the molecule is Br.Br.N=C(Nc1cccc(CCNCCc2ccccc2)c1)c1cccs1. The van der Waals surface area contributed by atoms with Gasteiger partial charge in [0.2, 0.25) is 0 Å². The van der Waals surface area contributed by atoms with Crippen LogP contribution in [0.4, 0.5) is 5.69 Å². The normalized spacial score (nSPS) is 9.78. The standard InChI is InChI=1S/C21H23N3S.2BrH/c22-21(20-10-5-15-25-20)24-19-9-4-8-18(16-19)12-14-23-13-11-17-6-2-1-3-7-17;;/h1-10,15-16,23H,11-14H2,(H2,22,24);2*1H. The van der Waals surface area contributed by atoms with Crippen LogP contribution in [0.2, 0.25) is 0 Å². The maximum atomic E-state index is 8.12. The molecule has 0 aliphatic heterocycles. The summed E-state index contributed by atoms with van der Waals surface area (Å²) < 4.78 is 0. The fraction of sp³-hybridized carbons (Fsp3) is 0.190. The average molecular weight is 511 g/mol. The lowest BCUT2D eigenvalue weighted by Crippen LogP contribution is -2.20. The first-order chi connectivity index (χ1) is 12.3. The lowest BCUT2D eigenvalue weighted by molar-refractivity contribution is 0.682. The molecule has 0 spiro atoms. The van der Waals surface area contributed by atoms with E-state index in [0.717, 1.165) is 36.5 Å². The largest absolute Gasteiger partial charge is 0.340 e. The van der Waals surface area contributed by atoms with Crippen LogP contribution in [0.3, 0.4) is 0 Å². The zero-order chi connectivity index (χ0) is 17.3. The molecule has 3 rings (SSSR count). The Hall–Kier alpha value is -1.47. The van der Waals surface area contributed by atoms with E-state index in [1.165, 1.54) is 11.1 Å². The molecule has 3 aromatic rings. The van der Waals surface area contributed by atoms with E-state index >= 15 is 0 Å². The van der Waals surface area contributed by atoms with Gasteiger partial charge in [0.05, 0.1) is 4.88 Å². The van der Waals surface area contributed by atoms with Crippen LogP contribution in [0.5, 0.6) is 0 Å². The zero-order valence-corrected chi connectivity index (χ0v) is 19.2. The Bertz CT molecular complexity index is 792. The van der Waals surface area contributed by atoms with Crippen LogP contribution in [0, 0.1) is 5.41 Å².